The molecule has 3 atom stereocenters. The fourth-order valence-electron chi connectivity index (χ4n) is 1.70. The van der Waals surface area contributed by atoms with Gasteiger partial charge in [0.2, 0.25) is 0 Å². The fraction of sp³-hybridized carbons (Fsp3) is 0.800. The minimum atomic E-state index is 0.803. The molecule has 0 nitrogen and oxygen atoms in total. The van der Waals surface area contributed by atoms with Gasteiger partial charge >= 0.3 is 0 Å². The summed E-state index contributed by atoms with van der Waals surface area (Å²) in [6.07, 6.45) is 0. The van der Waals surface area contributed by atoms with Gasteiger partial charge in [-0.05, 0) is 23.7 Å². The van der Waals surface area contributed by atoms with E-state index in [0.717, 1.165) is 23.7 Å². The first-order valence-electron chi connectivity index (χ1n) is 4.24. The van der Waals surface area contributed by atoms with Crippen LogP contribution in [0.25, 0.3) is 0 Å². The van der Waals surface area contributed by atoms with Gasteiger partial charge in [0.15, 0.2) is 0 Å². The highest BCUT2D eigenvalue weighted by atomic mass is 14.5. The molecule has 0 aromatic carbocycles. The van der Waals surface area contributed by atoms with Gasteiger partial charge in [-0.25, -0.2) is 0 Å². The first-order valence-corrected chi connectivity index (χ1v) is 4.24. The monoisotopic (exact) mass is 138 g/mol. The Morgan fingerprint density at radius 2 is 1.70 bits per heavy atom. The summed E-state index contributed by atoms with van der Waals surface area (Å²) in [6, 6.07) is 0. The van der Waals surface area contributed by atoms with Crippen molar-refractivity contribution >= 4 is 0 Å². The minimum absolute atomic E-state index is 0.803. The molecule has 0 saturated heterocycles. The molecular weight excluding hydrogens is 120 g/mol. The molecule has 0 radical (unpaired) electrons. The summed E-state index contributed by atoms with van der Waals surface area (Å²) in [5.74, 6) is 3.28. The zero-order chi connectivity index (χ0) is 7.89. The molecule has 0 amide bonds. The number of rotatable bonds is 2. The topological polar surface area (TPSA) is 0 Å². The first kappa shape index (κ1) is 7.84. The van der Waals surface area contributed by atoms with Crippen molar-refractivity contribution in [2.45, 2.75) is 27.7 Å². The van der Waals surface area contributed by atoms with Crippen LogP contribution in [0.3, 0.4) is 0 Å². The van der Waals surface area contributed by atoms with Crippen molar-refractivity contribution in [2.75, 3.05) is 0 Å². The van der Waals surface area contributed by atoms with E-state index in [0.29, 0.717) is 0 Å². The SMILES string of the molecule is C=C1C(C)C1C(C)C(C)C. The van der Waals surface area contributed by atoms with E-state index in [9.17, 15) is 0 Å². The second-order valence-corrected chi connectivity index (χ2v) is 3.99. The van der Waals surface area contributed by atoms with Gasteiger partial charge in [-0.15, -0.1) is 0 Å². The molecule has 10 heavy (non-hydrogen) atoms. The number of allylic oxidation sites excluding steroid dienone is 1. The number of hydrogen-bond donors (Lipinski definition) is 0. The summed E-state index contributed by atoms with van der Waals surface area (Å²) in [4.78, 5) is 0. The fourth-order valence-corrected chi connectivity index (χ4v) is 1.70. The van der Waals surface area contributed by atoms with E-state index in [1.54, 1.807) is 0 Å². The van der Waals surface area contributed by atoms with Crippen LogP contribution in [0.4, 0.5) is 0 Å². The van der Waals surface area contributed by atoms with Gasteiger partial charge in [0.25, 0.3) is 0 Å². The van der Waals surface area contributed by atoms with Gasteiger partial charge < -0.3 is 0 Å². The second-order valence-electron chi connectivity index (χ2n) is 3.99. The maximum absolute atomic E-state index is 4.03. The smallest absolute Gasteiger partial charge is 0.0112 e. The zero-order valence-electron chi connectivity index (χ0n) is 7.52. The van der Waals surface area contributed by atoms with Crippen LogP contribution < -0.4 is 0 Å². The van der Waals surface area contributed by atoms with Crippen molar-refractivity contribution in [3.63, 3.8) is 0 Å². The van der Waals surface area contributed by atoms with Crippen molar-refractivity contribution in [1.82, 2.24) is 0 Å². The molecule has 0 aliphatic heterocycles. The van der Waals surface area contributed by atoms with Crippen LogP contribution in [0.1, 0.15) is 27.7 Å². The van der Waals surface area contributed by atoms with Crippen LogP contribution in [0.2, 0.25) is 0 Å². The van der Waals surface area contributed by atoms with Crippen molar-refractivity contribution < 1.29 is 0 Å². The van der Waals surface area contributed by atoms with E-state index in [-0.39, 0.29) is 0 Å². The van der Waals surface area contributed by atoms with Gasteiger partial charge in [-0.2, -0.15) is 0 Å². The summed E-state index contributed by atoms with van der Waals surface area (Å²) in [6.45, 7) is 13.2. The molecule has 0 N–H and O–H groups in total. The van der Waals surface area contributed by atoms with Gasteiger partial charge in [-0.1, -0.05) is 39.8 Å². The molecule has 0 aromatic rings. The normalized spacial score (nSPS) is 34.7. The van der Waals surface area contributed by atoms with Crippen LogP contribution in [0, 0.1) is 23.7 Å². The largest absolute Gasteiger partial charge is 0.0993 e. The Hall–Kier alpha value is -0.260. The maximum atomic E-state index is 4.03. The Balaban J connectivity index is 2.45. The molecule has 0 spiro atoms. The molecule has 0 heterocycles. The third-order valence-electron chi connectivity index (χ3n) is 3.06. The van der Waals surface area contributed by atoms with Gasteiger partial charge in [-0.3, -0.25) is 0 Å². The number of hydrogen-bond acceptors (Lipinski definition) is 0. The van der Waals surface area contributed by atoms with E-state index < -0.39 is 0 Å². The first-order chi connectivity index (χ1) is 4.55. The maximum Gasteiger partial charge on any atom is -0.0112 e. The average Bonchev–Trinajstić information content (AvgIpc) is 2.40. The molecule has 1 fully saturated rings. The third-order valence-corrected chi connectivity index (χ3v) is 3.06. The zero-order valence-corrected chi connectivity index (χ0v) is 7.52. The Labute approximate surface area is 64.3 Å². The molecule has 58 valence electrons. The van der Waals surface area contributed by atoms with Crippen molar-refractivity contribution in [1.29, 1.82) is 0 Å². The summed E-state index contributed by atoms with van der Waals surface area (Å²) in [7, 11) is 0. The second kappa shape index (κ2) is 2.41. The van der Waals surface area contributed by atoms with E-state index in [4.69, 9.17) is 0 Å². The lowest BCUT2D eigenvalue weighted by atomic mass is 9.92. The average molecular weight is 138 g/mol. The highest BCUT2D eigenvalue weighted by Gasteiger charge is 2.42. The standard InChI is InChI=1S/C10H18/c1-6(2)7(3)10-8(4)9(10)5/h6-7,9-10H,4H2,1-3,5H3. The van der Waals surface area contributed by atoms with Gasteiger partial charge in [0.1, 0.15) is 0 Å². The van der Waals surface area contributed by atoms with Crippen LogP contribution >= 0.6 is 0 Å². The Morgan fingerprint density at radius 3 is 1.80 bits per heavy atom. The molecule has 1 rings (SSSR count). The molecular formula is C10H18. The van der Waals surface area contributed by atoms with Crippen LogP contribution in [-0.2, 0) is 0 Å². The molecule has 0 heteroatoms. The Kier molecular flexibility index (Phi) is 1.89. The molecule has 0 bridgehead atoms. The van der Waals surface area contributed by atoms with Crippen molar-refractivity contribution in [3.8, 4) is 0 Å². The van der Waals surface area contributed by atoms with Gasteiger partial charge in [0, 0.05) is 0 Å². The molecule has 3 unspecified atom stereocenters. The highest BCUT2D eigenvalue weighted by molar-refractivity contribution is 5.25. The highest BCUT2D eigenvalue weighted by Crippen LogP contribution is 2.50. The van der Waals surface area contributed by atoms with E-state index in [1.165, 1.54) is 5.57 Å². The predicted octanol–water partition coefficient (Wildman–Crippen LogP) is 3.10. The lowest BCUT2D eigenvalue weighted by Crippen LogP contribution is -2.06. The molecule has 1 aliphatic rings. The van der Waals surface area contributed by atoms with Crippen LogP contribution in [0.15, 0.2) is 12.2 Å². The molecule has 1 aliphatic carbocycles. The van der Waals surface area contributed by atoms with Crippen molar-refractivity contribution in [3.05, 3.63) is 12.2 Å². The summed E-state index contributed by atoms with van der Waals surface area (Å²) in [5.41, 5.74) is 1.47. The summed E-state index contributed by atoms with van der Waals surface area (Å²) >= 11 is 0. The van der Waals surface area contributed by atoms with E-state index in [2.05, 4.69) is 34.3 Å². The Morgan fingerprint density at radius 1 is 1.30 bits per heavy atom. The summed E-state index contributed by atoms with van der Waals surface area (Å²) in [5, 5.41) is 0. The summed E-state index contributed by atoms with van der Waals surface area (Å²) < 4.78 is 0. The predicted molar refractivity (Wildman–Crippen MR) is 45.8 cm³/mol. The van der Waals surface area contributed by atoms with Crippen molar-refractivity contribution in [2.24, 2.45) is 23.7 Å². The van der Waals surface area contributed by atoms with Crippen LogP contribution in [-0.4, -0.2) is 0 Å². The lowest BCUT2D eigenvalue weighted by Gasteiger charge is -2.13. The quantitative estimate of drug-likeness (QED) is 0.514. The molecule has 0 aromatic heterocycles. The third kappa shape index (κ3) is 1.12. The molecule has 1 saturated carbocycles. The van der Waals surface area contributed by atoms with E-state index in [1.807, 2.05) is 0 Å². The van der Waals surface area contributed by atoms with Crippen LogP contribution in [0.5, 0.6) is 0 Å². The lowest BCUT2D eigenvalue weighted by molar-refractivity contribution is 0.364. The van der Waals surface area contributed by atoms with Gasteiger partial charge in [0.05, 0.1) is 0 Å². The Bertz CT molecular complexity index is 144. The van der Waals surface area contributed by atoms with E-state index >= 15 is 0 Å². The minimum Gasteiger partial charge on any atom is -0.0993 e.